The number of aromatic nitrogens is 1. The molecule has 1 saturated carbocycles. The Hall–Kier alpha value is -2.34. The van der Waals surface area contributed by atoms with E-state index in [1.165, 1.54) is 30.6 Å². The number of nitrogens with one attached hydrogen (secondary N) is 1. The third-order valence-corrected chi connectivity index (χ3v) is 6.55. The highest BCUT2D eigenvalue weighted by Gasteiger charge is 2.25. The first-order valence-corrected chi connectivity index (χ1v) is 10.4. The lowest BCUT2D eigenvalue weighted by molar-refractivity contribution is 0.0915. The molecule has 1 fully saturated rings. The Morgan fingerprint density at radius 1 is 1.33 bits per heavy atom. The maximum atomic E-state index is 12.9. The van der Waals surface area contributed by atoms with Gasteiger partial charge < -0.3 is 15.8 Å². The summed E-state index contributed by atoms with van der Waals surface area (Å²) in [6.45, 7) is 4.78. The molecule has 6 heteroatoms. The fourth-order valence-electron chi connectivity index (χ4n) is 3.86. The van der Waals surface area contributed by atoms with E-state index in [2.05, 4.69) is 12.2 Å². The van der Waals surface area contributed by atoms with Crippen molar-refractivity contribution in [1.82, 2.24) is 10.3 Å². The van der Waals surface area contributed by atoms with Crippen LogP contribution in [0.15, 0.2) is 24.3 Å². The van der Waals surface area contributed by atoms with Gasteiger partial charge in [0.15, 0.2) is 0 Å². The van der Waals surface area contributed by atoms with Gasteiger partial charge in [-0.1, -0.05) is 19.8 Å². The fourth-order valence-corrected chi connectivity index (χ4v) is 4.85. The Morgan fingerprint density at radius 3 is 2.93 bits per heavy atom. The number of nitrogen functional groups attached to an aromatic ring is 1. The van der Waals surface area contributed by atoms with Gasteiger partial charge in [-0.15, -0.1) is 11.3 Å². The summed E-state index contributed by atoms with van der Waals surface area (Å²) in [5.41, 5.74) is 7.71. The van der Waals surface area contributed by atoms with Crippen LogP contribution < -0.4 is 15.8 Å². The van der Waals surface area contributed by atoms with E-state index < -0.39 is 0 Å². The van der Waals surface area contributed by atoms with Crippen LogP contribution in [0.1, 0.15) is 49.2 Å². The number of carbonyl (C=O) groups is 1. The van der Waals surface area contributed by atoms with Crippen molar-refractivity contribution in [2.75, 3.05) is 12.3 Å². The van der Waals surface area contributed by atoms with Crippen LogP contribution >= 0.6 is 11.3 Å². The lowest BCUT2D eigenvalue weighted by Gasteiger charge is -2.29. The maximum Gasteiger partial charge on any atom is 0.263 e. The summed E-state index contributed by atoms with van der Waals surface area (Å²) < 4.78 is 5.56. The number of benzene rings is 1. The Labute approximate surface area is 162 Å². The Bertz CT molecular complexity index is 998. The minimum atomic E-state index is -0.0756. The van der Waals surface area contributed by atoms with Crippen molar-refractivity contribution < 1.29 is 9.53 Å². The molecule has 0 bridgehead atoms. The minimum Gasteiger partial charge on any atom is -0.494 e. The molecule has 0 spiro atoms. The molecule has 1 amide bonds. The highest BCUT2D eigenvalue weighted by Crippen LogP contribution is 2.35. The molecule has 2 aromatic heterocycles. The monoisotopic (exact) mass is 383 g/mol. The van der Waals surface area contributed by atoms with Crippen LogP contribution in [0.2, 0.25) is 0 Å². The standard InChI is InChI=1S/C21H25N3O2S/c1-3-26-14-9-8-13-10-15-18(22)19(27-21(15)24-17(13)11-14)20(25)23-16-7-5-4-6-12(16)2/h8-12,16H,3-7,22H2,1-2H3,(H,23,25). The predicted octanol–water partition coefficient (Wildman–Crippen LogP) is 4.74. The van der Waals surface area contributed by atoms with E-state index in [9.17, 15) is 4.79 Å². The molecule has 3 N–H and O–H groups in total. The molecular weight excluding hydrogens is 358 g/mol. The van der Waals surface area contributed by atoms with Crippen LogP contribution in [0, 0.1) is 5.92 Å². The zero-order valence-corrected chi connectivity index (χ0v) is 16.6. The summed E-state index contributed by atoms with van der Waals surface area (Å²) in [6.07, 6.45) is 4.63. The van der Waals surface area contributed by atoms with E-state index in [-0.39, 0.29) is 11.9 Å². The van der Waals surface area contributed by atoms with Crippen LogP contribution in [-0.2, 0) is 0 Å². The number of hydrogen-bond donors (Lipinski definition) is 2. The van der Waals surface area contributed by atoms with Gasteiger partial charge in [-0.05, 0) is 43.9 Å². The largest absolute Gasteiger partial charge is 0.494 e. The summed E-state index contributed by atoms with van der Waals surface area (Å²) in [5, 5.41) is 5.03. The number of thiophene rings is 1. The maximum absolute atomic E-state index is 12.9. The average molecular weight is 384 g/mol. The van der Waals surface area contributed by atoms with E-state index >= 15 is 0 Å². The van der Waals surface area contributed by atoms with Crippen molar-refractivity contribution >= 4 is 44.1 Å². The van der Waals surface area contributed by atoms with E-state index in [4.69, 9.17) is 15.5 Å². The third-order valence-electron chi connectivity index (χ3n) is 5.43. The zero-order valence-electron chi connectivity index (χ0n) is 15.7. The van der Waals surface area contributed by atoms with Crippen LogP contribution in [0.5, 0.6) is 5.75 Å². The van der Waals surface area contributed by atoms with Gasteiger partial charge in [0.25, 0.3) is 5.91 Å². The molecule has 2 unspecified atom stereocenters. The molecule has 0 radical (unpaired) electrons. The van der Waals surface area contributed by atoms with Gasteiger partial charge in [-0.3, -0.25) is 4.79 Å². The lowest BCUT2D eigenvalue weighted by Crippen LogP contribution is -2.40. The van der Waals surface area contributed by atoms with Gasteiger partial charge in [0.1, 0.15) is 15.5 Å². The number of ether oxygens (including phenoxy) is 1. The number of anilines is 1. The SMILES string of the molecule is CCOc1ccc2cc3c(N)c(C(=O)NC4CCCCC4C)sc3nc2c1. The molecular formula is C21H25N3O2S. The molecule has 1 aliphatic rings. The minimum absolute atomic E-state index is 0.0756. The fraction of sp³-hybridized carbons (Fsp3) is 0.429. The first kappa shape index (κ1) is 18.0. The highest BCUT2D eigenvalue weighted by atomic mass is 32.1. The summed E-state index contributed by atoms with van der Waals surface area (Å²) >= 11 is 1.37. The van der Waals surface area contributed by atoms with Crippen molar-refractivity contribution in [2.24, 2.45) is 5.92 Å². The van der Waals surface area contributed by atoms with E-state index in [0.29, 0.717) is 23.1 Å². The third kappa shape index (κ3) is 3.46. The number of fused-ring (bicyclic) bond motifs is 2. The molecule has 0 aliphatic heterocycles. The first-order chi connectivity index (χ1) is 13.1. The molecule has 5 nitrogen and oxygen atoms in total. The number of pyridine rings is 1. The molecule has 1 aliphatic carbocycles. The van der Waals surface area contributed by atoms with Gasteiger partial charge in [-0.2, -0.15) is 0 Å². The van der Waals surface area contributed by atoms with Crippen molar-refractivity contribution in [3.8, 4) is 5.75 Å². The zero-order chi connectivity index (χ0) is 19.0. The van der Waals surface area contributed by atoms with Crippen LogP contribution in [0.4, 0.5) is 5.69 Å². The number of nitrogens with two attached hydrogens (primary N) is 1. The summed E-state index contributed by atoms with van der Waals surface area (Å²) in [7, 11) is 0. The first-order valence-electron chi connectivity index (χ1n) is 9.63. The molecule has 1 aromatic carbocycles. The molecule has 3 aromatic rings. The van der Waals surface area contributed by atoms with Gasteiger partial charge in [0.2, 0.25) is 0 Å². The number of hydrogen-bond acceptors (Lipinski definition) is 5. The number of carbonyl (C=O) groups excluding carboxylic acids is 1. The molecule has 27 heavy (non-hydrogen) atoms. The Balaban J connectivity index is 1.67. The summed E-state index contributed by atoms with van der Waals surface area (Å²) in [4.78, 5) is 18.9. The number of rotatable bonds is 4. The summed E-state index contributed by atoms with van der Waals surface area (Å²) in [5.74, 6) is 1.23. The smallest absolute Gasteiger partial charge is 0.263 e. The van der Waals surface area contributed by atoms with Crippen molar-refractivity contribution in [3.63, 3.8) is 0 Å². The predicted molar refractivity (Wildman–Crippen MR) is 112 cm³/mol. The topological polar surface area (TPSA) is 77.2 Å². The molecule has 2 heterocycles. The van der Waals surface area contributed by atoms with Crippen molar-refractivity contribution in [3.05, 3.63) is 29.1 Å². The number of amides is 1. The Morgan fingerprint density at radius 2 is 2.15 bits per heavy atom. The van der Waals surface area contributed by atoms with Gasteiger partial charge >= 0.3 is 0 Å². The Kier molecular flexibility index (Phi) is 4.91. The summed E-state index contributed by atoms with van der Waals surface area (Å²) in [6, 6.07) is 8.08. The van der Waals surface area contributed by atoms with Crippen molar-refractivity contribution in [2.45, 2.75) is 45.6 Å². The number of nitrogens with zero attached hydrogens (tertiary/aromatic N) is 1. The molecule has 0 saturated heterocycles. The second kappa shape index (κ2) is 7.35. The second-order valence-electron chi connectivity index (χ2n) is 7.32. The lowest BCUT2D eigenvalue weighted by atomic mass is 9.86. The molecule has 2 atom stereocenters. The van der Waals surface area contributed by atoms with Gasteiger partial charge in [0.05, 0.1) is 17.8 Å². The normalized spacial score (nSPS) is 20.1. The second-order valence-corrected chi connectivity index (χ2v) is 8.31. The van der Waals surface area contributed by atoms with E-state index in [1.54, 1.807) is 0 Å². The quantitative estimate of drug-likeness (QED) is 0.682. The van der Waals surface area contributed by atoms with Gasteiger partial charge in [-0.25, -0.2) is 4.98 Å². The van der Waals surface area contributed by atoms with E-state index in [1.807, 2.05) is 31.2 Å². The van der Waals surface area contributed by atoms with Crippen molar-refractivity contribution in [1.29, 1.82) is 0 Å². The highest BCUT2D eigenvalue weighted by molar-refractivity contribution is 7.21. The van der Waals surface area contributed by atoms with Crippen LogP contribution in [0.3, 0.4) is 0 Å². The average Bonchev–Trinajstić information content (AvgIpc) is 2.98. The van der Waals surface area contributed by atoms with Crippen LogP contribution in [0.25, 0.3) is 21.1 Å². The van der Waals surface area contributed by atoms with E-state index in [0.717, 1.165) is 33.3 Å². The molecule has 142 valence electrons. The molecule has 4 rings (SSSR count). The van der Waals surface area contributed by atoms with Crippen LogP contribution in [-0.4, -0.2) is 23.5 Å². The van der Waals surface area contributed by atoms with Gasteiger partial charge in [0, 0.05) is 22.9 Å².